The number of hydrogen-bond acceptors (Lipinski definition) is 6. The van der Waals surface area contributed by atoms with Crippen LogP contribution in [0.4, 0.5) is 0 Å². The van der Waals surface area contributed by atoms with Crippen molar-refractivity contribution in [2.75, 3.05) is 0 Å². The highest BCUT2D eigenvalue weighted by Gasteiger charge is 2.73. The fraction of sp³-hybridized carbons (Fsp3) is 0.571. The monoisotopic (exact) mass is 276 g/mol. The van der Waals surface area contributed by atoms with Crippen LogP contribution in [0, 0.1) is 35.0 Å². The molecule has 0 amide bonds. The highest BCUT2D eigenvalue weighted by molar-refractivity contribution is 6.03. The van der Waals surface area contributed by atoms with Gasteiger partial charge in [-0.25, -0.2) is 0 Å². The highest BCUT2D eigenvalue weighted by atomic mass is 16.6. The van der Waals surface area contributed by atoms with E-state index in [0.29, 0.717) is 0 Å². The van der Waals surface area contributed by atoms with Crippen molar-refractivity contribution in [2.24, 2.45) is 35.0 Å². The van der Waals surface area contributed by atoms with Crippen molar-refractivity contribution in [2.45, 2.75) is 13.8 Å². The van der Waals surface area contributed by atoms with Crippen molar-refractivity contribution < 1.29 is 28.7 Å². The molecule has 0 aromatic rings. The molecule has 0 unspecified atom stereocenters. The number of cyclic esters (lactones) is 4. The molecule has 5 aliphatic rings. The molecule has 2 heterocycles. The molecule has 0 aromatic carbocycles. The maximum absolute atomic E-state index is 12.0. The fourth-order valence-electron chi connectivity index (χ4n) is 4.77. The van der Waals surface area contributed by atoms with E-state index in [2.05, 4.69) is 0 Å². The van der Waals surface area contributed by atoms with E-state index in [-0.39, 0.29) is 0 Å². The Morgan fingerprint density at radius 2 is 1.30 bits per heavy atom. The van der Waals surface area contributed by atoms with E-state index < -0.39 is 58.9 Å². The van der Waals surface area contributed by atoms with Gasteiger partial charge in [0.1, 0.15) is 0 Å². The summed E-state index contributed by atoms with van der Waals surface area (Å²) >= 11 is 0. The Hall–Kier alpha value is -1.98. The number of hydrogen-bond donors (Lipinski definition) is 0. The zero-order valence-electron chi connectivity index (χ0n) is 10.9. The van der Waals surface area contributed by atoms with Crippen LogP contribution in [0.3, 0.4) is 0 Å². The van der Waals surface area contributed by atoms with Crippen LogP contribution in [-0.2, 0) is 28.7 Å². The normalized spacial score (nSPS) is 48.7. The summed E-state index contributed by atoms with van der Waals surface area (Å²) in [6, 6.07) is 0. The minimum Gasteiger partial charge on any atom is -0.393 e. The standard InChI is InChI=1S/C14H12O6/c1-4-3-14(2)8-6(10(15)19-12(8)17)5(4)7-9(14)13(18)20-11(7)16/h3,5-9H,1-2H3/t5?,6-,7-,8+,9+,14?/m0/s1. The zero-order valence-corrected chi connectivity index (χ0v) is 10.9. The molecule has 20 heavy (non-hydrogen) atoms. The average molecular weight is 276 g/mol. The average Bonchev–Trinajstić information content (AvgIpc) is 2.80. The molecule has 2 aliphatic heterocycles. The number of carbonyl (C=O) groups is 4. The molecule has 0 spiro atoms. The second-order valence-corrected chi connectivity index (χ2v) is 6.27. The number of carbonyl (C=O) groups excluding carboxylic acids is 4. The molecule has 1 saturated carbocycles. The fourth-order valence-corrected chi connectivity index (χ4v) is 4.77. The van der Waals surface area contributed by atoms with Crippen molar-refractivity contribution in [1.29, 1.82) is 0 Å². The second kappa shape index (κ2) is 3.19. The molecule has 2 saturated heterocycles. The summed E-state index contributed by atoms with van der Waals surface area (Å²) < 4.78 is 9.53. The third-order valence-electron chi connectivity index (χ3n) is 5.35. The minimum atomic E-state index is -0.888. The van der Waals surface area contributed by atoms with Crippen LogP contribution in [-0.4, -0.2) is 23.9 Å². The summed E-state index contributed by atoms with van der Waals surface area (Å²) in [7, 11) is 0. The van der Waals surface area contributed by atoms with Gasteiger partial charge in [0.2, 0.25) is 0 Å². The first kappa shape index (κ1) is 11.8. The van der Waals surface area contributed by atoms with E-state index >= 15 is 0 Å². The lowest BCUT2D eigenvalue weighted by molar-refractivity contribution is -0.154. The number of rotatable bonds is 0. The third kappa shape index (κ3) is 1.04. The van der Waals surface area contributed by atoms with Gasteiger partial charge in [0.15, 0.2) is 0 Å². The molecule has 5 rings (SSSR count). The first-order valence-corrected chi connectivity index (χ1v) is 6.56. The Balaban J connectivity index is 1.98. The van der Waals surface area contributed by atoms with Crippen LogP contribution >= 0.6 is 0 Å². The molecule has 3 aliphatic carbocycles. The molecular formula is C14H12O6. The van der Waals surface area contributed by atoms with Crippen LogP contribution in [0.1, 0.15) is 13.8 Å². The van der Waals surface area contributed by atoms with E-state index in [4.69, 9.17) is 9.47 Å². The van der Waals surface area contributed by atoms with E-state index in [1.807, 2.05) is 13.0 Å². The molecule has 0 aromatic heterocycles. The van der Waals surface area contributed by atoms with Crippen LogP contribution in [0.2, 0.25) is 0 Å². The first-order valence-electron chi connectivity index (χ1n) is 6.56. The van der Waals surface area contributed by atoms with Gasteiger partial charge in [-0.3, -0.25) is 19.2 Å². The largest absolute Gasteiger partial charge is 0.393 e. The van der Waals surface area contributed by atoms with Crippen LogP contribution in [0.5, 0.6) is 0 Å². The molecule has 4 atom stereocenters. The molecule has 0 radical (unpaired) electrons. The molecule has 6 heteroatoms. The SMILES string of the molecule is CC1=CC2(C)[C@H]3C(=O)OC(=O)[C@H]3C1[C@@H]1C(=O)OC(=O)[C@@H]12. The summed E-state index contributed by atoms with van der Waals surface area (Å²) in [5, 5.41) is 0. The Kier molecular flexibility index (Phi) is 1.88. The number of esters is 4. The second-order valence-electron chi connectivity index (χ2n) is 6.27. The molecule has 2 bridgehead atoms. The predicted octanol–water partition coefficient (Wildman–Crippen LogP) is 0.214. The molecule has 0 N–H and O–H groups in total. The Morgan fingerprint density at radius 3 is 1.75 bits per heavy atom. The Bertz CT molecular complexity index is 588. The summed E-state index contributed by atoms with van der Waals surface area (Å²) in [5.74, 6) is -5.56. The van der Waals surface area contributed by atoms with Gasteiger partial charge in [-0.2, -0.15) is 0 Å². The van der Waals surface area contributed by atoms with Crippen LogP contribution in [0.25, 0.3) is 0 Å². The van der Waals surface area contributed by atoms with E-state index in [9.17, 15) is 19.2 Å². The zero-order chi connectivity index (χ0) is 14.4. The van der Waals surface area contributed by atoms with Crippen molar-refractivity contribution >= 4 is 23.9 Å². The van der Waals surface area contributed by atoms with Gasteiger partial charge in [-0.15, -0.1) is 0 Å². The minimum absolute atomic E-state index is 0.468. The summed E-state index contributed by atoms with van der Waals surface area (Å²) in [5.41, 5.74) is -0.0333. The van der Waals surface area contributed by atoms with E-state index in [1.54, 1.807) is 6.92 Å². The van der Waals surface area contributed by atoms with Gasteiger partial charge in [0.05, 0.1) is 23.7 Å². The van der Waals surface area contributed by atoms with Crippen LogP contribution < -0.4 is 0 Å². The maximum Gasteiger partial charge on any atom is 0.318 e. The molecule has 6 nitrogen and oxygen atoms in total. The van der Waals surface area contributed by atoms with E-state index in [0.717, 1.165) is 5.57 Å². The quantitative estimate of drug-likeness (QED) is 0.357. The lowest BCUT2D eigenvalue weighted by Gasteiger charge is -2.51. The maximum atomic E-state index is 12.0. The summed E-state index contributed by atoms with van der Waals surface area (Å²) in [4.78, 5) is 47.9. The van der Waals surface area contributed by atoms with Gasteiger partial charge in [-0.1, -0.05) is 18.6 Å². The number of ether oxygens (including phenoxy) is 2. The van der Waals surface area contributed by atoms with Gasteiger partial charge in [-0.05, 0) is 6.92 Å². The van der Waals surface area contributed by atoms with Crippen molar-refractivity contribution in [3.8, 4) is 0 Å². The lowest BCUT2D eigenvalue weighted by Crippen LogP contribution is -2.57. The molecule has 3 fully saturated rings. The molecular weight excluding hydrogens is 264 g/mol. The Morgan fingerprint density at radius 1 is 0.850 bits per heavy atom. The summed E-state index contributed by atoms with van der Waals surface area (Å²) in [6.45, 7) is 3.56. The predicted molar refractivity (Wildman–Crippen MR) is 61.5 cm³/mol. The summed E-state index contributed by atoms with van der Waals surface area (Å²) in [6.07, 6.45) is 1.85. The van der Waals surface area contributed by atoms with Gasteiger partial charge in [0, 0.05) is 11.3 Å². The van der Waals surface area contributed by atoms with Crippen molar-refractivity contribution in [3.63, 3.8) is 0 Å². The number of allylic oxidation sites excluding steroid dienone is 2. The van der Waals surface area contributed by atoms with Crippen molar-refractivity contribution in [3.05, 3.63) is 11.6 Å². The van der Waals surface area contributed by atoms with E-state index in [1.165, 1.54) is 0 Å². The lowest BCUT2D eigenvalue weighted by atomic mass is 9.46. The highest BCUT2D eigenvalue weighted by Crippen LogP contribution is 2.64. The topological polar surface area (TPSA) is 86.7 Å². The van der Waals surface area contributed by atoms with Crippen LogP contribution in [0.15, 0.2) is 11.6 Å². The van der Waals surface area contributed by atoms with Crippen molar-refractivity contribution in [1.82, 2.24) is 0 Å². The smallest absolute Gasteiger partial charge is 0.318 e. The van der Waals surface area contributed by atoms with Gasteiger partial charge >= 0.3 is 23.9 Å². The van der Waals surface area contributed by atoms with Gasteiger partial charge in [0.25, 0.3) is 0 Å². The Labute approximate surface area is 114 Å². The van der Waals surface area contributed by atoms with Gasteiger partial charge < -0.3 is 9.47 Å². The molecule has 104 valence electrons. The first-order chi connectivity index (χ1) is 9.36. The third-order valence-corrected chi connectivity index (χ3v) is 5.35.